The van der Waals surface area contributed by atoms with E-state index in [2.05, 4.69) is 4.90 Å². The lowest BCUT2D eigenvalue weighted by Crippen LogP contribution is -2.42. The van der Waals surface area contributed by atoms with Crippen LogP contribution < -0.4 is 5.73 Å². The van der Waals surface area contributed by atoms with Gasteiger partial charge in [0.25, 0.3) is 0 Å². The zero-order valence-corrected chi connectivity index (χ0v) is 9.19. The average Bonchev–Trinajstić information content (AvgIpc) is 2.26. The quantitative estimate of drug-likeness (QED) is 0.671. The first kappa shape index (κ1) is 12.4. The minimum Gasteiger partial charge on any atom is -0.480 e. The number of methoxy groups -OCH3 is 1. The van der Waals surface area contributed by atoms with Crippen LogP contribution >= 0.6 is 0 Å². The average molecular weight is 216 g/mol. The van der Waals surface area contributed by atoms with E-state index in [1.807, 2.05) is 0 Å². The van der Waals surface area contributed by atoms with Crippen molar-refractivity contribution >= 4 is 5.97 Å². The maximum absolute atomic E-state index is 10.5. The third kappa shape index (κ3) is 4.15. The van der Waals surface area contributed by atoms with E-state index in [9.17, 15) is 4.79 Å². The van der Waals surface area contributed by atoms with Crippen LogP contribution in [0.3, 0.4) is 0 Å². The van der Waals surface area contributed by atoms with Crippen LogP contribution in [0.1, 0.15) is 19.3 Å². The van der Waals surface area contributed by atoms with Gasteiger partial charge in [0.2, 0.25) is 0 Å². The summed E-state index contributed by atoms with van der Waals surface area (Å²) in [5.41, 5.74) is 5.44. The van der Waals surface area contributed by atoms with Crippen LogP contribution in [0.15, 0.2) is 0 Å². The van der Waals surface area contributed by atoms with Gasteiger partial charge in [0, 0.05) is 20.2 Å². The molecule has 1 aliphatic rings. The second-order valence-corrected chi connectivity index (χ2v) is 4.03. The first-order chi connectivity index (χ1) is 7.13. The Morgan fingerprint density at radius 2 is 2.47 bits per heavy atom. The second-order valence-electron chi connectivity index (χ2n) is 4.03. The first-order valence-corrected chi connectivity index (χ1v) is 5.37. The lowest BCUT2D eigenvalue weighted by Gasteiger charge is -2.32. The Kier molecular flexibility index (Phi) is 5.01. The van der Waals surface area contributed by atoms with Gasteiger partial charge in [0.1, 0.15) is 6.04 Å². The van der Waals surface area contributed by atoms with Gasteiger partial charge in [-0.25, -0.2) is 0 Å². The number of nitrogens with zero attached hydrogens (tertiary/aromatic N) is 1. The number of aliphatic carboxylic acids is 1. The molecule has 5 heteroatoms. The zero-order chi connectivity index (χ0) is 11.3. The molecule has 2 unspecified atom stereocenters. The van der Waals surface area contributed by atoms with Crippen LogP contribution in [0.5, 0.6) is 0 Å². The molecule has 0 amide bonds. The minimum atomic E-state index is -0.921. The van der Waals surface area contributed by atoms with Crippen LogP contribution in [-0.2, 0) is 9.53 Å². The Balaban J connectivity index is 2.23. The number of carbonyl (C=O) groups is 1. The Morgan fingerprint density at radius 1 is 1.73 bits per heavy atom. The fraction of sp³-hybridized carbons (Fsp3) is 0.900. The van der Waals surface area contributed by atoms with Gasteiger partial charge in [-0.1, -0.05) is 0 Å². The monoisotopic (exact) mass is 216 g/mol. The predicted octanol–water partition coefficient (Wildman–Crippen LogP) is -0.101. The van der Waals surface area contributed by atoms with E-state index >= 15 is 0 Å². The Labute approximate surface area is 90.2 Å². The second kappa shape index (κ2) is 6.05. The van der Waals surface area contributed by atoms with Crippen molar-refractivity contribution in [2.24, 2.45) is 5.73 Å². The van der Waals surface area contributed by atoms with Crippen LogP contribution in [-0.4, -0.2) is 54.9 Å². The number of nitrogens with two attached hydrogens (primary N) is 1. The van der Waals surface area contributed by atoms with Crippen molar-refractivity contribution in [2.75, 3.05) is 26.7 Å². The summed E-state index contributed by atoms with van der Waals surface area (Å²) in [5, 5.41) is 8.64. The highest BCUT2D eigenvalue weighted by Gasteiger charge is 2.20. The first-order valence-electron chi connectivity index (χ1n) is 5.37. The molecule has 2 atom stereocenters. The molecule has 0 aromatic rings. The summed E-state index contributed by atoms with van der Waals surface area (Å²) in [6.07, 6.45) is 3.00. The molecule has 5 nitrogen and oxygen atoms in total. The molecule has 1 fully saturated rings. The summed E-state index contributed by atoms with van der Waals surface area (Å²) in [6.45, 7) is 2.66. The summed E-state index contributed by atoms with van der Waals surface area (Å²) in [6, 6.07) is -0.743. The third-order valence-corrected chi connectivity index (χ3v) is 2.87. The number of hydrogen-bond donors (Lipinski definition) is 2. The van der Waals surface area contributed by atoms with Crippen molar-refractivity contribution in [3.8, 4) is 0 Å². The van der Waals surface area contributed by atoms with E-state index in [1.54, 1.807) is 7.11 Å². The number of carboxylic acid groups (broad SMARTS) is 1. The lowest BCUT2D eigenvalue weighted by atomic mass is 10.1. The van der Waals surface area contributed by atoms with Gasteiger partial charge >= 0.3 is 5.97 Å². The SMILES string of the molecule is COC1CCCN(CCC(N)C(=O)O)C1. The summed E-state index contributed by atoms with van der Waals surface area (Å²) in [5.74, 6) is -0.921. The molecule has 0 bridgehead atoms. The van der Waals surface area contributed by atoms with E-state index in [1.165, 1.54) is 0 Å². The molecule has 0 aliphatic carbocycles. The summed E-state index contributed by atoms with van der Waals surface area (Å²) >= 11 is 0. The maximum Gasteiger partial charge on any atom is 0.320 e. The van der Waals surface area contributed by atoms with E-state index < -0.39 is 12.0 Å². The predicted molar refractivity (Wildman–Crippen MR) is 56.7 cm³/mol. The Morgan fingerprint density at radius 3 is 3.07 bits per heavy atom. The molecule has 0 spiro atoms. The number of piperidine rings is 1. The molecule has 0 radical (unpaired) electrons. The number of rotatable bonds is 5. The van der Waals surface area contributed by atoms with Gasteiger partial charge in [0.05, 0.1) is 6.10 Å². The van der Waals surface area contributed by atoms with Crippen molar-refractivity contribution in [1.29, 1.82) is 0 Å². The Hall–Kier alpha value is -0.650. The van der Waals surface area contributed by atoms with Crippen molar-refractivity contribution in [3.63, 3.8) is 0 Å². The summed E-state index contributed by atoms with van der Waals surface area (Å²) in [4.78, 5) is 12.7. The molecule has 0 aromatic heterocycles. The van der Waals surface area contributed by atoms with Gasteiger partial charge < -0.3 is 20.5 Å². The van der Waals surface area contributed by atoms with Gasteiger partial charge in [-0.05, 0) is 25.8 Å². The summed E-state index contributed by atoms with van der Waals surface area (Å²) in [7, 11) is 1.72. The van der Waals surface area contributed by atoms with E-state index in [0.29, 0.717) is 12.5 Å². The van der Waals surface area contributed by atoms with Crippen LogP contribution in [0.4, 0.5) is 0 Å². The zero-order valence-electron chi connectivity index (χ0n) is 9.19. The Bertz CT molecular complexity index is 211. The van der Waals surface area contributed by atoms with Gasteiger partial charge in [0.15, 0.2) is 0 Å². The van der Waals surface area contributed by atoms with Gasteiger partial charge in [-0.2, -0.15) is 0 Å². The topological polar surface area (TPSA) is 75.8 Å². The summed E-state index contributed by atoms with van der Waals surface area (Å²) < 4.78 is 5.29. The standard InChI is InChI=1S/C10H20N2O3/c1-15-8-3-2-5-12(7-8)6-4-9(11)10(13)14/h8-9H,2-7,11H2,1H3,(H,13,14). The highest BCUT2D eigenvalue weighted by Crippen LogP contribution is 2.12. The van der Waals surface area contributed by atoms with Gasteiger partial charge in [-0.15, -0.1) is 0 Å². The smallest absolute Gasteiger partial charge is 0.320 e. The van der Waals surface area contributed by atoms with E-state index in [4.69, 9.17) is 15.6 Å². The molecular formula is C10H20N2O3. The lowest BCUT2D eigenvalue weighted by molar-refractivity contribution is -0.138. The fourth-order valence-corrected chi connectivity index (χ4v) is 1.85. The van der Waals surface area contributed by atoms with E-state index in [0.717, 1.165) is 32.5 Å². The van der Waals surface area contributed by atoms with Gasteiger partial charge in [-0.3, -0.25) is 4.79 Å². The fourth-order valence-electron chi connectivity index (χ4n) is 1.85. The molecule has 88 valence electrons. The van der Waals surface area contributed by atoms with Crippen molar-refractivity contribution in [1.82, 2.24) is 4.90 Å². The van der Waals surface area contributed by atoms with E-state index in [-0.39, 0.29) is 0 Å². The van der Waals surface area contributed by atoms with Crippen LogP contribution in [0.25, 0.3) is 0 Å². The number of hydrogen-bond acceptors (Lipinski definition) is 4. The molecule has 3 N–H and O–H groups in total. The van der Waals surface area contributed by atoms with Crippen molar-refractivity contribution in [2.45, 2.75) is 31.4 Å². The highest BCUT2D eigenvalue weighted by atomic mass is 16.5. The molecule has 15 heavy (non-hydrogen) atoms. The minimum absolute atomic E-state index is 0.291. The van der Waals surface area contributed by atoms with Crippen LogP contribution in [0, 0.1) is 0 Å². The van der Waals surface area contributed by atoms with Crippen molar-refractivity contribution < 1.29 is 14.6 Å². The third-order valence-electron chi connectivity index (χ3n) is 2.87. The highest BCUT2D eigenvalue weighted by molar-refractivity contribution is 5.72. The number of carboxylic acids is 1. The van der Waals surface area contributed by atoms with Crippen molar-refractivity contribution in [3.05, 3.63) is 0 Å². The number of ether oxygens (including phenoxy) is 1. The molecule has 1 saturated heterocycles. The normalized spacial score (nSPS) is 25.1. The molecule has 0 saturated carbocycles. The number of likely N-dealkylation sites (tertiary alicyclic amines) is 1. The largest absolute Gasteiger partial charge is 0.480 e. The molecule has 0 aromatic carbocycles. The molecule has 1 rings (SSSR count). The molecule has 1 aliphatic heterocycles. The maximum atomic E-state index is 10.5. The van der Waals surface area contributed by atoms with Crippen LogP contribution in [0.2, 0.25) is 0 Å². The molecular weight excluding hydrogens is 196 g/mol. The molecule has 1 heterocycles.